The molecule has 0 fully saturated rings. The highest BCUT2D eigenvalue weighted by atomic mass is 19.1. The summed E-state index contributed by atoms with van der Waals surface area (Å²) in [4.78, 5) is 25.9. The lowest BCUT2D eigenvalue weighted by molar-refractivity contribution is -0.144. The lowest BCUT2D eigenvalue weighted by Gasteiger charge is -2.22. The monoisotopic (exact) mass is 375 g/mol. The third-order valence-electron chi connectivity index (χ3n) is 4.10. The number of rotatable bonds is 9. The van der Waals surface area contributed by atoms with E-state index in [1.807, 2.05) is 0 Å². The first-order chi connectivity index (χ1) is 13.0. The molecule has 1 amide bonds. The molecule has 0 saturated carbocycles. The van der Waals surface area contributed by atoms with Crippen molar-refractivity contribution in [1.82, 2.24) is 4.90 Å². The Kier molecular flexibility index (Phi) is 7.92. The Hall–Kier alpha value is -2.76. The molecular weight excluding hydrogens is 352 g/mol. The Labute approximate surface area is 157 Å². The molecule has 0 saturated heterocycles. The van der Waals surface area contributed by atoms with Crippen molar-refractivity contribution in [3.05, 3.63) is 71.3 Å². The second-order valence-corrected chi connectivity index (χ2v) is 6.12. The van der Waals surface area contributed by atoms with Crippen molar-refractivity contribution < 1.29 is 23.1 Å². The van der Waals surface area contributed by atoms with E-state index in [2.05, 4.69) is 0 Å². The minimum absolute atomic E-state index is 0.104. The van der Waals surface area contributed by atoms with Gasteiger partial charge in [0.05, 0.1) is 19.4 Å². The molecule has 27 heavy (non-hydrogen) atoms. The molecule has 0 aliphatic heterocycles. The second kappa shape index (κ2) is 10.4. The van der Waals surface area contributed by atoms with E-state index < -0.39 is 0 Å². The fraction of sp³-hybridized carbons (Fsp3) is 0.333. The maximum atomic E-state index is 13.0. The van der Waals surface area contributed by atoms with Crippen LogP contribution in [-0.4, -0.2) is 36.5 Å². The average molecular weight is 375 g/mol. The predicted molar refractivity (Wildman–Crippen MR) is 98.0 cm³/mol. The maximum absolute atomic E-state index is 13.0. The van der Waals surface area contributed by atoms with Gasteiger partial charge in [-0.05, 0) is 48.7 Å². The molecule has 0 heterocycles. The third-order valence-corrected chi connectivity index (χ3v) is 4.10. The first-order valence-corrected chi connectivity index (χ1v) is 8.90. The summed E-state index contributed by atoms with van der Waals surface area (Å²) in [5, 5.41) is 0. The van der Waals surface area contributed by atoms with E-state index in [0.29, 0.717) is 18.5 Å². The van der Waals surface area contributed by atoms with Gasteiger partial charge in [0, 0.05) is 13.1 Å². The number of hydrogen-bond donors (Lipinski definition) is 0. The summed E-state index contributed by atoms with van der Waals surface area (Å²) in [5.41, 5.74) is 1.59. The molecule has 0 radical (unpaired) electrons. The number of carbonyl (C=O) groups is 2. The normalized spacial score (nSPS) is 10.5. The molecule has 144 valence electrons. The third kappa shape index (κ3) is 7.17. The van der Waals surface area contributed by atoms with Crippen LogP contribution in [0.5, 0.6) is 0 Å². The summed E-state index contributed by atoms with van der Waals surface area (Å²) in [7, 11) is 0. The Morgan fingerprint density at radius 1 is 0.889 bits per heavy atom. The fourth-order valence-corrected chi connectivity index (χ4v) is 2.62. The lowest BCUT2D eigenvalue weighted by atomic mass is 10.1. The predicted octanol–water partition coefficient (Wildman–Crippen LogP) is 3.53. The summed E-state index contributed by atoms with van der Waals surface area (Å²) in [5.74, 6) is -1.20. The highest BCUT2D eigenvalue weighted by Gasteiger charge is 2.16. The smallest absolute Gasteiger partial charge is 0.307 e. The van der Waals surface area contributed by atoms with Crippen LogP contribution >= 0.6 is 0 Å². The number of hydrogen-bond acceptors (Lipinski definition) is 3. The van der Waals surface area contributed by atoms with Gasteiger partial charge < -0.3 is 9.64 Å². The first-order valence-electron chi connectivity index (χ1n) is 8.90. The van der Waals surface area contributed by atoms with E-state index in [1.165, 1.54) is 24.3 Å². The SMILES string of the molecule is CCOC(=O)CCN(CCc1ccc(F)cc1)C(=O)Cc1ccc(F)cc1. The number of esters is 1. The van der Waals surface area contributed by atoms with Gasteiger partial charge in [0.25, 0.3) is 0 Å². The molecule has 0 aliphatic rings. The van der Waals surface area contributed by atoms with E-state index in [-0.39, 0.29) is 49.5 Å². The maximum Gasteiger partial charge on any atom is 0.307 e. The number of carbonyl (C=O) groups excluding carboxylic acids is 2. The van der Waals surface area contributed by atoms with Crippen LogP contribution in [0.15, 0.2) is 48.5 Å². The number of ether oxygens (including phenoxy) is 1. The van der Waals surface area contributed by atoms with Crippen LogP contribution in [0.3, 0.4) is 0 Å². The molecule has 0 N–H and O–H groups in total. The van der Waals surface area contributed by atoms with Gasteiger partial charge in [-0.2, -0.15) is 0 Å². The molecule has 0 aliphatic carbocycles. The summed E-state index contributed by atoms with van der Waals surface area (Å²) in [6.07, 6.45) is 0.761. The molecule has 0 spiro atoms. The number of amides is 1. The minimum atomic E-state index is -0.362. The molecular formula is C21H23F2NO3. The zero-order valence-electron chi connectivity index (χ0n) is 15.3. The Bertz CT molecular complexity index is 745. The molecule has 6 heteroatoms. The molecule has 2 rings (SSSR count). The topological polar surface area (TPSA) is 46.6 Å². The fourth-order valence-electron chi connectivity index (χ4n) is 2.62. The van der Waals surface area contributed by atoms with Crippen LogP contribution in [0.25, 0.3) is 0 Å². The van der Waals surface area contributed by atoms with E-state index >= 15 is 0 Å². The molecule has 0 atom stereocenters. The zero-order chi connectivity index (χ0) is 19.6. The Morgan fingerprint density at radius 2 is 1.44 bits per heavy atom. The largest absolute Gasteiger partial charge is 0.466 e. The number of halogens is 2. The van der Waals surface area contributed by atoms with Gasteiger partial charge in [-0.1, -0.05) is 24.3 Å². The van der Waals surface area contributed by atoms with Gasteiger partial charge in [-0.3, -0.25) is 9.59 Å². The van der Waals surface area contributed by atoms with Crippen molar-refractivity contribution in [1.29, 1.82) is 0 Å². The Morgan fingerprint density at radius 3 is 2.00 bits per heavy atom. The van der Waals surface area contributed by atoms with Crippen LogP contribution in [-0.2, 0) is 27.2 Å². The van der Waals surface area contributed by atoms with E-state index in [0.717, 1.165) is 5.56 Å². The van der Waals surface area contributed by atoms with Gasteiger partial charge >= 0.3 is 5.97 Å². The summed E-state index contributed by atoms with van der Waals surface area (Å²) in [6, 6.07) is 11.8. The summed E-state index contributed by atoms with van der Waals surface area (Å²) < 4.78 is 31.0. The van der Waals surface area contributed by atoms with E-state index in [4.69, 9.17) is 4.74 Å². The van der Waals surface area contributed by atoms with Gasteiger partial charge in [0.1, 0.15) is 11.6 Å². The number of nitrogens with zero attached hydrogens (tertiary/aromatic N) is 1. The van der Waals surface area contributed by atoms with Gasteiger partial charge in [-0.25, -0.2) is 8.78 Å². The van der Waals surface area contributed by atoms with Crippen LogP contribution in [0.4, 0.5) is 8.78 Å². The summed E-state index contributed by atoms with van der Waals surface area (Å²) in [6.45, 7) is 2.65. The van der Waals surface area contributed by atoms with Crippen LogP contribution in [0.1, 0.15) is 24.5 Å². The standard InChI is InChI=1S/C21H23F2NO3/c1-2-27-21(26)12-14-24(13-11-16-3-7-18(22)8-4-16)20(25)15-17-5-9-19(23)10-6-17/h3-10H,2,11-15H2,1H3. The van der Waals surface area contributed by atoms with Crippen molar-refractivity contribution in [2.75, 3.05) is 19.7 Å². The molecule has 4 nitrogen and oxygen atoms in total. The lowest BCUT2D eigenvalue weighted by Crippen LogP contribution is -2.36. The van der Waals surface area contributed by atoms with Gasteiger partial charge in [0.2, 0.25) is 5.91 Å². The molecule has 0 aromatic heterocycles. The minimum Gasteiger partial charge on any atom is -0.466 e. The van der Waals surface area contributed by atoms with E-state index in [1.54, 1.807) is 36.1 Å². The highest BCUT2D eigenvalue weighted by Crippen LogP contribution is 2.09. The Balaban J connectivity index is 2.00. The zero-order valence-corrected chi connectivity index (χ0v) is 15.3. The van der Waals surface area contributed by atoms with Crippen LogP contribution in [0, 0.1) is 11.6 Å². The first kappa shape index (κ1) is 20.6. The average Bonchev–Trinajstić information content (AvgIpc) is 2.65. The van der Waals surface area contributed by atoms with Crippen molar-refractivity contribution in [2.45, 2.75) is 26.2 Å². The van der Waals surface area contributed by atoms with Gasteiger partial charge in [-0.15, -0.1) is 0 Å². The molecule has 0 unspecified atom stereocenters. The van der Waals surface area contributed by atoms with Crippen molar-refractivity contribution in [3.63, 3.8) is 0 Å². The quantitative estimate of drug-likeness (QED) is 0.630. The molecule has 0 bridgehead atoms. The summed E-state index contributed by atoms with van der Waals surface area (Å²) >= 11 is 0. The van der Waals surface area contributed by atoms with Crippen molar-refractivity contribution in [3.8, 4) is 0 Å². The van der Waals surface area contributed by atoms with Gasteiger partial charge in [0.15, 0.2) is 0 Å². The molecule has 2 aromatic rings. The van der Waals surface area contributed by atoms with Crippen molar-refractivity contribution in [2.24, 2.45) is 0 Å². The van der Waals surface area contributed by atoms with E-state index in [9.17, 15) is 18.4 Å². The van der Waals surface area contributed by atoms with Crippen LogP contribution in [0.2, 0.25) is 0 Å². The highest BCUT2D eigenvalue weighted by molar-refractivity contribution is 5.79. The number of benzene rings is 2. The van der Waals surface area contributed by atoms with Crippen LogP contribution < -0.4 is 0 Å². The van der Waals surface area contributed by atoms with Crippen molar-refractivity contribution >= 4 is 11.9 Å². The molecule has 2 aromatic carbocycles. The second-order valence-electron chi connectivity index (χ2n) is 6.12.